The molecule has 0 spiro atoms. The van der Waals surface area contributed by atoms with Crippen molar-refractivity contribution in [2.24, 2.45) is 17.0 Å². The van der Waals surface area contributed by atoms with Crippen molar-refractivity contribution in [3.05, 3.63) is 225 Å². The number of nitrogens with zero attached hydrogens (tertiary/aromatic N) is 3. The number of aryl methyl sites for hydroxylation is 1. The molecular formula is C46H34N4. The van der Waals surface area contributed by atoms with Crippen LogP contribution in [0.1, 0.15) is 39.1 Å². The number of nitrogens with one attached hydrogen (secondary N) is 1. The summed E-state index contributed by atoms with van der Waals surface area (Å²) < 4.78 is 2.26. The fourth-order valence-corrected chi connectivity index (χ4v) is 7.48. The maximum absolute atomic E-state index is 5.44. The largest absolute Gasteiger partial charge is 0.354 e. The van der Waals surface area contributed by atoms with Crippen LogP contribution in [0.4, 0.5) is 0 Å². The minimum atomic E-state index is 0.915. The molecule has 5 heterocycles. The number of hydrogen-bond donors (Lipinski definition) is 1. The smallest absolute Gasteiger partial charge is 0.0737 e. The van der Waals surface area contributed by atoms with Crippen molar-refractivity contribution in [3.63, 3.8) is 0 Å². The Morgan fingerprint density at radius 2 is 0.860 bits per heavy atom. The predicted octanol–water partition coefficient (Wildman–Crippen LogP) is 8.31. The zero-order chi connectivity index (χ0) is 33.6. The van der Waals surface area contributed by atoms with Crippen molar-refractivity contribution >= 4 is 33.7 Å². The van der Waals surface area contributed by atoms with Gasteiger partial charge in [-0.15, -0.1) is 0 Å². The van der Waals surface area contributed by atoms with Crippen molar-refractivity contribution in [3.8, 4) is 0 Å². The third kappa shape index (κ3) is 5.01. The third-order valence-electron chi connectivity index (χ3n) is 9.72. The Labute approximate surface area is 291 Å². The normalized spacial score (nSPS) is 20.3. The highest BCUT2D eigenvalue weighted by molar-refractivity contribution is 6.31. The number of rotatable bonds is 4. The van der Waals surface area contributed by atoms with E-state index in [1.165, 1.54) is 5.56 Å². The van der Waals surface area contributed by atoms with Crippen LogP contribution in [0.25, 0.3) is 22.3 Å². The lowest BCUT2D eigenvalue weighted by Gasteiger charge is -2.14. The molecule has 1 N–H and O–H groups in total. The second-order valence-corrected chi connectivity index (χ2v) is 12.8. The van der Waals surface area contributed by atoms with E-state index >= 15 is 0 Å². The summed E-state index contributed by atoms with van der Waals surface area (Å²) >= 11 is 0. The summed E-state index contributed by atoms with van der Waals surface area (Å²) in [6, 6.07) is 46.7. The molecule has 0 amide bonds. The summed E-state index contributed by atoms with van der Waals surface area (Å²) in [6.07, 6.45) is 10.9. The molecule has 0 fully saturated rings. The fourth-order valence-electron chi connectivity index (χ4n) is 7.48. The Hall–Kier alpha value is -6.52. The Morgan fingerprint density at radius 1 is 0.460 bits per heavy atom. The standard InChI is InChI=1S/C46H34N4/c1-30-35-29-50(2)46(30)45(34-21-13-6-14-22-34)41-28-27-40(49-41)44(33-19-11-5-12-20-33)39-26-25-38(48-39)43(32-17-9-4-10-18-32)37-24-23-36(47-37)42(35)31-15-7-3-8-16-31/h3-29,48H,1-2H3/b42-36-,43-38-,44-39-,45-41-. The lowest BCUT2D eigenvalue weighted by Crippen LogP contribution is -2.21. The molecule has 3 aliphatic heterocycles. The van der Waals surface area contributed by atoms with Crippen LogP contribution in [0, 0.1) is 6.92 Å². The van der Waals surface area contributed by atoms with E-state index in [1.54, 1.807) is 0 Å². The molecule has 8 bridgehead atoms. The van der Waals surface area contributed by atoms with E-state index < -0.39 is 0 Å². The zero-order valence-corrected chi connectivity index (χ0v) is 27.9. The molecule has 6 aromatic rings. The van der Waals surface area contributed by atoms with Gasteiger partial charge in [-0.05, 0) is 71.2 Å². The first kappa shape index (κ1) is 29.6. The van der Waals surface area contributed by atoms with Crippen LogP contribution in [0.5, 0.6) is 0 Å². The Balaban J connectivity index is 1.46. The quantitative estimate of drug-likeness (QED) is 0.201. The van der Waals surface area contributed by atoms with Gasteiger partial charge in [0.15, 0.2) is 0 Å². The van der Waals surface area contributed by atoms with E-state index in [1.807, 2.05) is 0 Å². The number of benzene rings is 4. The highest BCUT2D eigenvalue weighted by atomic mass is 14.9. The Morgan fingerprint density at radius 3 is 1.32 bits per heavy atom. The third-order valence-corrected chi connectivity index (χ3v) is 9.72. The molecule has 3 aliphatic rings. The number of H-pyrrole nitrogens is 1. The summed E-state index contributed by atoms with van der Waals surface area (Å²) in [5, 5.41) is 2.00. The average Bonchev–Trinajstić information content (AvgIpc) is 3.98. The van der Waals surface area contributed by atoms with E-state index in [9.17, 15) is 0 Å². The zero-order valence-electron chi connectivity index (χ0n) is 27.9. The molecule has 0 atom stereocenters. The van der Waals surface area contributed by atoms with Crippen LogP contribution in [0.3, 0.4) is 0 Å². The lowest BCUT2D eigenvalue weighted by atomic mass is 9.92. The fraction of sp³-hybridized carbons (Fsp3) is 0.0435. The van der Waals surface area contributed by atoms with Crippen molar-refractivity contribution in [1.29, 1.82) is 0 Å². The molecule has 0 aliphatic carbocycles. The van der Waals surface area contributed by atoms with Gasteiger partial charge in [0.25, 0.3) is 0 Å². The van der Waals surface area contributed by atoms with Crippen LogP contribution in [-0.2, 0) is 7.05 Å². The van der Waals surface area contributed by atoms with Gasteiger partial charge in [0.2, 0.25) is 0 Å². The maximum Gasteiger partial charge on any atom is 0.0737 e. The van der Waals surface area contributed by atoms with Crippen LogP contribution >= 0.6 is 0 Å². The van der Waals surface area contributed by atoms with Gasteiger partial charge in [-0.25, -0.2) is 9.98 Å². The molecule has 50 heavy (non-hydrogen) atoms. The van der Waals surface area contributed by atoms with Crippen LogP contribution < -0.4 is 10.7 Å². The van der Waals surface area contributed by atoms with Crippen molar-refractivity contribution in [2.75, 3.05) is 0 Å². The number of fused-ring (bicyclic) bond motifs is 6. The van der Waals surface area contributed by atoms with Crippen molar-refractivity contribution in [2.45, 2.75) is 6.92 Å². The van der Waals surface area contributed by atoms with Gasteiger partial charge in [-0.3, -0.25) is 0 Å². The SMILES string of the molecule is Cc1c2cn(C)c1/C(c1ccccc1)=C1/C=CC(=N1)/C(c1ccccc1)=c1/cc/c([nH]1)=C(\c1ccccc1)C1=N/C(=C\2c2ccccc2)C=C1. The Kier molecular flexibility index (Phi) is 7.21. The number of aromatic nitrogens is 2. The lowest BCUT2D eigenvalue weighted by molar-refractivity contribution is 0.903. The van der Waals surface area contributed by atoms with Gasteiger partial charge in [0, 0.05) is 51.8 Å². The minimum Gasteiger partial charge on any atom is -0.354 e. The van der Waals surface area contributed by atoms with E-state index in [-0.39, 0.29) is 0 Å². The first-order chi connectivity index (χ1) is 24.6. The number of aliphatic imine (C=N–C) groups is 2. The van der Waals surface area contributed by atoms with E-state index in [2.05, 4.69) is 187 Å². The molecule has 9 rings (SSSR count). The molecule has 4 nitrogen and oxygen atoms in total. The van der Waals surface area contributed by atoms with Crippen molar-refractivity contribution < 1.29 is 0 Å². The molecule has 238 valence electrons. The van der Waals surface area contributed by atoms with E-state index in [0.29, 0.717) is 0 Å². The molecular weight excluding hydrogens is 609 g/mol. The maximum atomic E-state index is 5.44. The van der Waals surface area contributed by atoms with Crippen LogP contribution in [0.15, 0.2) is 185 Å². The number of hydrogen-bond acceptors (Lipinski definition) is 2. The second kappa shape index (κ2) is 12.2. The van der Waals surface area contributed by atoms with Crippen LogP contribution in [-0.4, -0.2) is 21.0 Å². The van der Waals surface area contributed by atoms with E-state index in [4.69, 9.17) is 9.98 Å². The summed E-state index contributed by atoms with van der Waals surface area (Å²) in [7, 11) is 2.14. The van der Waals surface area contributed by atoms with Crippen LogP contribution in [0.2, 0.25) is 0 Å². The minimum absolute atomic E-state index is 0.915. The van der Waals surface area contributed by atoms with Gasteiger partial charge in [0.1, 0.15) is 0 Å². The average molecular weight is 643 g/mol. The predicted molar refractivity (Wildman–Crippen MR) is 206 cm³/mol. The molecule has 0 saturated carbocycles. The van der Waals surface area contributed by atoms with Gasteiger partial charge < -0.3 is 9.55 Å². The molecule has 0 radical (unpaired) electrons. The highest BCUT2D eigenvalue weighted by Crippen LogP contribution is 2.40. The number of allylic oxidation sites excluding steroid dienone is 4. The molecule has 0 saturated heterocycles. The monoisotopic (exact) mass is 642 g/mol. The van der Waals surface area contributed by atoms with Gasteiger partial charge in [-0.2, -0.15) is 0 Å². The second-order valence-electron chi connectivity index (χ2n) is 12.8. The molecule has 0 unspecified atom stereocenters. The topological polar surface area (TPSA) is 45.4 Å². The molecule has 4 aromatic carbocycles. The Bertz CT molecular complexity index is 2610. The highest BCUT2D eigenvalue weighted by Gasteiger charge is 2.26. The van der Waals surface area contributed by atoms with E-state index in [0.717, 1.165) is 89.3 Å². The molecule has 2 aromatic heterocycles. The van der Waals surface area contributed by atoms with Gasteiger partial charge in [-0.1, -0.05) is 121 Å². The summed E-state index contributed by atoms with van der Waals surface area (Å²) in [5.74, 6) is 0. The summed E-state index contributed by atoms with van der Waals surface area (Å²) in [5.41, 5.74) is 15.9. The summed E-state index contributed by atoms with van der Waals surface area (Å²) in [4.78, 5) is 14.7. The summed E-state index contributed by atoms with van der Waals surface area (Å²) in [6.45, 7) is 2.23. The number of aromatic amines is 1. The van der Waals surface area contributed by atoms with Gasteiger partial charge in [0.05, 0.1) is 28.5 Å². The first-order valence-electron chi connectivity index (χ1n) is 17.0. The first-order valence-corrected chi connectivity index (χ1v) is 17.0. The van der Waals surface area contributed by atoms with Gasteiger partial charge >= 0.3 is 0 Å². The molecule has 4 heteroatoms. The van der Waals surface area contributed by atoms with Crippen molar-refractivity contribution in [1.82, 2.24) is 9.55 Å².